The van der Waals surface area contributed by atoms with Gasteiger partial charge in [-0.2, -0.15) is 0 Å². The van der Waals surface area contributed by atoms with Crippen molar-refractivity contribution in [2.24, 2.45) is 0 Å². The minimum atomic E-state index is -1.18. The molecular formula is C8H10O5. The van der Waals surface area contributed by atoms with Gasteiger partial charge < -0.3 is 25.5 Å². The van der Waals surface area contributed by atoms with Crippen LogP contribution in [0.2, 0.25) is 0 Å². The summed E-state index contributed by atoms with van der Waals surface area (Å²) in [7, 11) is 0. The molecule has 72 valence electrons. The lowest BCUT2D eigenvalue weighted by Crippen LogP contribution is -2.01. The van der Waals surface area contributed by atoms with E-state index in [1.807, 2.05) is 0 Å². The molecule has 0 radical (unpaired) electrons. The minimum absolute atomic E-state index is 0.135. The van der Waals surface area contributed by atoms with Crippen LogP contribution in [0.5, 0.6) is 17.2 Å². The third kappa shape index (κ3) is 1.82. The maximum Gasteiger partial charge on any atom is 0.200 e. The van der Waals surface area contributed by atoms with Gasteiger partial charge in [0.1, 0.15) is 6.10 Å². The van der Waals surface area contributed by atoms with E-state index in [9.17, 15) is 0 Å². The van der Waals surface area contributed by atoms with Gasteiger partial charge in [-0.3, -0.25) is 0 Å². The summed E-state index contributed by atoms with van der Waals surface area (Å²) in [5.41, 5.74) is 0.135. The zero-order valence-electron chi connectivity index (χ0n) is 6.68. The molecule has 0 bridgehead atoms. The van der Waals surface area contributed by atoms with Gasteiger partial charge in [-0.15, -0.1) is 0 Å². The average molecular weight is 186 g/mol. The molecule has 0 spiro atoms. The molecule has 0 aliphatic rings. The Hall–Kier alpha value is -1.46. The van der Waals surface area contributed by atoms with E-state index in [1.54, 1.807) is 0 Å². The highest BCUT2D eigenvalue weighted by Gasteiger charge is 2.12. The monoisotopic (exact) mass is 186 g/mol. The Bertz CT molecular complexity index is 286. The van der Waals surface area contributed by atoms with Gasteiger partial charge in [0, 0.05) is 0 Å². The van der Waals surface area contributed by atoms with Gasteiger partial charge >= 0.3 is 0 Å². The maximum absolute atomic E-state index is 9.12. The van der Waals surface area contributed by atoms with E-state index >= 15 is 0 Å². The lowest BCUT2D eigenvalue weighted by molar-refractivity contribution is 0.0951. The number of benzene rings is 1. The molecular weight excluding hydrogens is 176 g/mol. The number of phenols is 3. The van der Waals surface area contributed by atoms with Crippen LogP contribution in [-0.4, -0.2) is 32.1 Å². The fourth-order valence-electron chi connectivity index (χ4n) is 0.923. The predicted octanol–water partition coefficient (Wildman–Crippen LogP) is -0.171. The second-order valence-corrected chi connectivity index (χ2v) is 2.61. The average Bonchev–Trinajstić information content (AvgIpc) is 2.12. The van der Waals surface area contributed by atoms with E-state index in [1.165, 1.54) is 0 Å². The highest BCUT2D eigenvalue weighted by molar-refractivity contribution is 5.51. The highest BCUT2D eigenvalue weighted by Crippen LogP contribution is 2.36. The first kappa shape index (κ1) is 9.63. The Kier molecular flexibility index (Phi) is 2.60. The summed E-state index contributed by atoms with van der Waals surface area (Å²) in [6, 6.07) is 2.13. The molecule has 1 unspecified atom stereocenters. The van der Waals surface area contributed by atoms with Gasteiger partial charge in [0.15, 0.2) is 17.2 Å². The largest absolute Gasteiger partial charge is 0.504 e. The van der Waals surface area contributed by atoms with Crippen molar-refractivity contribution >= 4 is 0 Å². The van der Waals surface area contributed by atoms with Gasteiger partial charge in [-0.25, -0.2) is 0 Å². The first-order valence-corrected chi connectivity index (χ1v) is 3.60. The van der Waals surface area contributed by atoms with Crippen LogP contribution in [-0.2, 0) is 0 Å². The molecule has 13 heavy (non-hydrogen) atoms. The third-order valence-corrected chi connectivity index (χ3v) is 1.65. The Balaban J connectivity index is 3.13. The molecule has 5 N–H and O–H groups in total. The lowest BCUT2D eigenvalue weighted by atomic mass is 10.1. The van der Waals surface area contributed by atoms with E-state index in [0.29, 0.717) is 0 Å². The van der Waals surface area contributed by atoms with Crippen molar-refractivity contribution in [3.8, 4) is 17.2 Å². The summed E-state index contributed by atoms with van der Waals surface area (Å²) >= 11 is 0. The molecule has 0 aliphatic heterocycles. The van der Waals surface area contributed by atoms with Crippen LogP contribution >= 0.6 is 0 Å². The standard InChI is InChI=1S/C8H10O5/c9-3-7(12)4-1-5(10)8(13)6(11)2-4/h1-2,7,9-13H,3H2. The molecule has 1 aromatic rings. The van der Waals surface area contributed by atoms with Crippen LogP contribution in [0, 0.1) is 0 Å². The van der Waals surface area contributed by atoms with Crippen molar-refractivity contribution < 1.29 is 25.5 Å². The van der Waals surface area contributed by atoms with Crippen molar-refractivity contribution in [1.29, 1.82) is 0 Å². The molecule has 0 saturated heterocycles. The van der Waals surface area contributed by atoms with E-state index in [0.717, 1.165) is 12.1 Å². The van der Waals surface area contributed by atoms with E-state index in [4.69, 9.17) is 25.5 Å². The normalized spacial score (nSPS) is 12.8. The van der Waals surface area contributed by atoms with Crippen molar-refractivity contribution in [3.63, 3.8) is 0 Å². The second kappa shape index (κ2) is 3.51. The number of phenolic OH excluding ortho intramolecular Hbond substituents is 3. The predicted molar refractivity (Wildman–Crippen MR) is 43.5 cm³/mol. The number of hydrogen-bond donors (Lipinski definition) is 5. The van der Waals surface area contributed by atoms with Crippen LogP contribution in [0.15, 0.2) is 12.1 Å². The van der Waals surface area contributed by atoms with Crippen molar-refractivity contribution in [1.82, 2.24) is 0 Å². The molecule has 0 aromatic heterocycles. The zero-order valence-corrected chi connectivity index (χ0v) is 6.68. The van der Waals surface area contributed by atoms with Gasteiger partial charge in [0.2, 0.25) is 0 Å². The molecule has 5 heteroatoms. The SMILES string of the molecule is OCC(O)c1cc(O)c(O)c(O)c1. The van der Waals surface area contributed by atoms with Crippen molar-refractivity contribution in [2.75, 3.05) is 6.61 Å². The minimum Gasteiger partial charge on any atom is -0.504 e. The molecule has 5 nitrogen and oxygen atoms in total. The van der Waals surface area contributed by atoms with Crippen molar-refractivity contribution in [3.05, 3.63) is 17.7 Å². The molecule has 1 atom stereocenters. The zero-order chi connectivity index (χ0) is 10.0. The smallest absolute Gasteiger partial charge is 0.200 e. The topological polar surface area (TPSA) is 101 Å². The Labute approximate surface area is 74.1 Å². The molecule has 0 amide bonds. The first-order chi connectivity index (χ1) is 6.06. The summed E-state index contributed by atoms with van der Waals surface area (Å²) in [5.74, 6) is -1.72. The maximum atomic E-state index is 9.12. The number of rotatable bonds is 2. The van der Waals surface area contributed by atoms with E-state index in [2.05, 4.69) is 0 Å². The van der Waals surface area contributed by atoms with Crippen LogP contribution in [0.25, 0.3) is 0 Å². The second-order valence-electron chi connectivity index (χ2n) is 2.61. The molecule has 1 aromatic carbocycles. The third-order valence-electron chi connectivity index (χ3n) is 1.65. The number of aromatic hydroxyl groups is 3. The first-order valence-electron chi connectivity index (χ1n) is 3.60. The fraction of sp³-hybridized carbons (Fsp3) is 0.250. The van der Waals surface area contributed by atoms with E-state index < -0.39 is 30.0 Å². The van der Waals surface area contributed by atoms with Crippen LogP contribution in [0.4, 0.5) is 0 Å². The molecule has 0 heterocycles. The molecule has 0 aliphatic carbocycles. The summed E-state index contributed by atoms with van der Waals surface area (Å²) in [6.07, 6.45) is -1.18. The summed E-state index contributed by atoms with van der Waals surface area (Å²) in [4.78, 5) is 0. The summed E-state index contributed by atoms with van der Waals surface area (Å²) in [5, 5.41) is 44.7. The van der Waals surface area contributed by atoms with E-state index in [-0.39, 0.29) is 5.56 Å². The summed E-state index contributed by atoms with van der Waals surface area (Å²) < 4.78 is 0. The fourth-order valence-corrected chi connectivity index (χ4v) is 0.923. The Morgan fingerprint density at radius 3 is 1.92 bits per heavy atom. The van der Waals surface area contributed by atoms with Crippen molar-refractivity contribution in [2.45, 2.75) is 6.10 Å². The molecule has 1 rings (SSSR count). The number of aliphatic hydroxyl groups excluding tert-OH is 2. The Morgan fingerprint density at radius 2 is 1.54 bits per heavy atom. The van der Waals surface area contributed by atoms with Crippen LogP contribution in [0.3, 0.4) is 0 Å². The van der Waals surface area contributed by atoms with Gasteiger partial charge in [0.25, 0.3) is 0 Å². The molecule has 0 fully saturated rings. The summed E-state index contributed by atoms with van der Waals surface area (Å²) in [6.45, 7) is -0.524. The molecule has 0 saturated carbocycles. The van der Waals surface area contributed by atoms with Gasteiger partial charge in [-0.05, 0) is 17.7 Å². The number of aliphatic hydroxyl groups is 2. The quantitative estimate of drug-likeness (QED) is 0.413. The Morgan fingerprint density at radius 1 is 1.08 bits per heavy atom. The van der Waals surface area contributed by atoms with Crippen LogP contribution in [0.1, 0.15) is 11.7 Å². The van der Waals surface area contributed by atoms with Gasteiger partial charge in [0.05, 0.1) is 6.61 Å². The highest BCUT2D eigenvalue weighted by atomic mass is 16.3. The van der Waals surface area contributed by atoms with Gasteiger partial charge in [-0.1, -0.05) is 0 Å². The van der Waals surface area contributed by atoms with Crippen LogP contribution < -0.4 is 0 Å². The lowest BCUT2D eigenvalue weighted by Gasteiger charge is -2.09. The number of hydrogen-bond acceptors (Lipinski definition) is 5.